The van der Waals surface area contributed by atoms with E-state index in [9.17, 15) is 15.2 Å². The van der Waals surface area contributed by atoms with Gasteiger partial charge in [0.25, 0.3) is 0 Å². The quantitative estimate of drug-likeness (QED) is 0.397. The van der Waals surface area contributed by atoms with E-state index in [1.165, 1.54) is 30.8 Å². The summed E-state index contributed by atoms with van der Waals surface area (Å²) in [7, 11) is 0. The van der Waals surface area contributed by atoms with Crippen molar-refractivity contribution in [2.45, 2.75) is 19.3 Å². The summed E-state index contributed by atoms with van der Waals surface area (Å²) in [5.74, 6) is 1.07. The van der Waals surface area contributed by atoms with Gasteiger partial charge in [-0.25, -0.2) is 5.43 Å². The lowest BCUT2D eigenvalue weighted by molar-refractivity contribution is -0.385. The van der Waals surface area contributed by atoms with E-state index in [-0.39, 0.29) is 5.69 Å². The van der Waals surface area contributed by atoms with E-state index in [0.717, 1.165) is 25.9 Å². The number of phenolic OH excluding ortho intramolecular Hbond substituents is 1. The molecule has 2 N–H and O–H groups in total. The van der Waals surface area contributed by atoms with Gasteiger partial charge in [-0.1, -0.05) is 0 Å². The van der Waals surface area contributed by atoms with Crippen LogP contribution in [0.2, 0.25) is 0 Å². The van der Waals surface area contributed by atoms with Crippen LogP contribution in [0.25, 0.3) is 0 Å². The first kappa shape index (κ1) is 20.7. The van der Waals surface area contributed by atoms with Crippen molar-refractivity contribution in [1.29, 1.82) is 0 Å². The highest BCUT2D eigenvalue weighted by Gasteiger charge is 2.20. The maximum Gasteiger partial charge on any atom is 0.311 e. The van der Waals surface area contributed by atoms with Crippen molar-refractivity contribution in [3.8, 4) is 5.75 Å². The molecule has 2 fully saturated rings. The van der Waals surface area contributed by atoms with Crippen molar-refractivity contribution in [2.75, 3.05) is 54.6 Å². The van der Waals surface area contributed by atoms with Gasteiger partial charge in [0.1, 0.15) is 0 Å². The molecule has 12 nitrogen and oxygen atoms in total. The number of morpholine rings is 1. The van der Waals surface area contributed by atoms with Gasteiger partial charge in [-0.05, 0) is 31.4 Å². The number of rotatable bonds is 6. The average Bonchev–Trinajstić information content (AvgIpc) is 2.81. The molecule has 31 heavy (non-hydrogen) atoms. The number of hydrogen-bond donors (Lipinski definition) is 2. The Morgan fingerprint density at radius 3 is 2.42 bits per heavy atom. The molecule has 0 bridgehead atoms. The highest BCUT2D eigenvalue weighted by molar-refractivity contribution is 5.81. The fraction of sp³-hybridized carbons (Fsp3) is 0.474. The first-order chi connectivity index (χ1) is 15.1. The van der Waals surface area contributed by atoms with E-state index in [1.807, 2.05) is 0 Å². The average molecular weight is 428 g/mol. The SMILES string of the molecule is O=[N+]([O-])c1cc(/C=N\Nc2nc(N3CCCCC3)nc(N3CCOCC3)n2)ccc1O. The molecule has 3 heterocycles. The number of nitro benzene ring substituents is 1. The highest BCUT2D eigenvalue weighted by atomic mass is 16.6. The molecule has 2 saturated heterocycles. The molecule has 0 aliphatic carbocycles. The minimum atomic E-state index is -0.647. The Morgan fingerprint density at radius 2 is 1.74 bits per heavy atom. The number of nitrogens with zero attached hydrogens (tertiary/aromatic N) is 7. The van der Waals surface area contributed by atoms with E-state index in [0.29, 0.717) is 49.7 Å². The third-order valence-electron chi connectivity index (χ3n) is 5.12. The number of benzene rings is 1. The van der Waals surface area contributed by atoms with Crippen LogP contribution in [0.4, 0.5) is 23.5 Å². The summed E-state index contributed by atoms with van der Waals surface area (Å²) in [6.07, 6.45) is 4.80. The largest absolute Gasteiger partial charge is 0.502 e. The lowest BCUT2D eigenvalue weighted by Gasteiger charge is -2.30. The van der Waals surface area contributed by atoms with Gasteiger partial charge in [-0.15, -0.1) is 0 Å². The Morgan fingerprint density at radius 1 is 1.06 bits per heavy atom. The second-order valence-electron chi connectivity index (χ2n) is 7.28. The van der Waals surface area contributed by atoms with Crippen molar-refractivity contribution >= 4 is 29.7 Å². The van der Waals surface area contributed by atoms with Gasteiger partial charge in [0.2, 0.25) is 17.8 Å². The number of nitrogens with one attached hydrogen (secondary N) is 1. The van der Waals surface area contributed by atoms with Crippen LogP contribution in [0.1, 0.15) is 24.8 Å². The molecule has 1 aromatic heterocycles. The fourth-order valence-electron chi connectivity index (χ4n) is 3.48. The van der Waals surface area contributed by atoms with Gasteiger partial charge in [0, 0.05) is 37.8 Å². The first-order valence-corrected chi connectivity index (χ1v) is 10.2. The predicted octanol–water partition coefficient (Wildman–Crippen LogP) is 1.76. The highest BCUT2D eigenvalue weighted by Crippen LogP contribution is 2.25. The summed E-state index contributed by atoms with van der Waals surface area (Å²) >= 11 is 0. The summed E-state index contributed by atoms with van der Waals surface area (Å²) in [6, 6.07) is 4.03. The number of nitro groups is 1. The maximum absolute atomic E-state index is 11.0. The van der Waals surface area contributed by atoms with Gasteiger partial charge in [-0.2, -0.15) is 20.1 Å². The zero-order valence-electron chi connectivity index (χ0n) is 17.0. The molecule has 0 saturated carbocycles. The number of aromatic nitrogens is 3. The van der Waals surface area contributed by atoms with Crippen molar-refractivity contribution in [3.63, 3.8) is 0 Å². The lowest BCUT2D eigenvalue weighted by atomic mass is 10.1. The fourth-order valence-corrected chi connectivity index (χ4v) is 3.48. The van der Waals surface area contributed by atoms with Gasteiger partial charge in [0.15, 0.2) is 5.75 Å². The maximum atomic E-state index is 11.0. The van der Waals surface area contributed by atoms with Crippen LogP contribution < -0.4 is 15.2 Å². The van der Waals surface area contributed by atoms with Gasteiger partial charge in [0.05, 0.1) is 24.4 Å². The third kappa shape index (κ3) is 5.15. The Kier molecular flexibility index (Phi) is 6.36. The van der Waals surface area contributed by atoms with Crippen molar-refractivity contribution in [1.82, 2.24) is 15.0 Å². The second-order valence-corrected chi connectivity index (χ2v) is 7.28. The first-order valence-electron chi connectivity index (χ1n) is 10.2. The van der Waals surface area contributed by atoms with Gasteiger partial charge < -0.3 is 19.6 Å². The van der Waals surface area contributed by atoms with Gasteiger partial charge >= 0.3 is 5.69 Å². The smallest absolute Gasteiger partial charge is 0.311 e. The topological polar surface area (TPSA) is 142 Å². The summed E-state index contributed by atoms with van der Waals surface area (Å²) in [6.45, 7) is 4.42. The monoisotopic (exact) mass is 428 g/mol. The minimum Gasteiger partial charge on any atom is -0.502 e. The Bertz CT molecular complexity index is 922. The summed E-state index contributed by atoms with van der Waals surface area (Å²) < 4.78 is 5.42. The molecular weight excluding hydrogens is 404 g/mol. The predicted molar refractivity (Wildman–Crippen MR) is 115 cm³/mol. The molecule has 0 unspecified atom stereocenters. The Labute approximate surface area is 178 Å². The molecule has 164 valence electrons. The normalized spacial score (nSPS) is 17.2. The van der Waals surface area contributed by atoms with Gasteiger partial charge in [-0.3, -0.25) is 10.1 Å². The molecular formula is C19H24N8O4. The van der Waals surface area contributed by atoms with E-state index in [4.69, 9.17) is 4.74 Å². The molecule has 0 amide bonds. The van der Waals surface area contributed by atoms with Crippen LogP contribution >= 0.6 is 0 Å². The van der Waals surface area contributed by atoms with Crippen LogP contribution in [0, 0.1) is 10.1 Å². The number of hydrazone groups is 1. The molecule has 12 heteroatoms. The zero-order valence-corrected chi connectivity index (χ0v) is 17.0. The summed E-state index contributed by atoms with van der Waals surface area (Å²) in [4.78, 5) is 28.2. The molecule has 4 rings (SSSR count). The Balaban J connectivity index is 1.55. The van der Waals surface area contributed by atoms with E-state index in [2.05, 4.69) is 35.3 Å². The molecule has 2 aromatic rings. The van der Waals surface area contributed by atoms with Crippen LogP contribution in [0.3, 0.4) is 0 Å². The number of aromatic hydroxyl groups is 1. The van der Waals surface area contributed by atoms with Crippen molar-refractivity contribution in [3.05, 3.63) is 33.9 Å². The minimum absolute atomic E-state index is 0.293. The molecule has 0 atom stereocenters. The van der Waals surface area contributed by atoms with Crippen LogP contribution in [-0.2, 0) is 4.74 Å². The van der Waals surface area contributed by atoms with Crippen LogP contribution in [0.5, 0.6) is 5.75 Å². The van der Waals surface area contributed by atoms with E-state index >= 15 is 0 Å². The van der Waals surface area contributed by atoms with Crippen molar-refractivity contribution in [2.24, 2.45) is 5.10 Å². The van der Waals surface area contributed by atoms with E-state index in [1.54, 1.807) is 0 Å². The number of hydrogen-bond acceptors (Lipinski definition) is 11. The van der Waals surface area contributed by atoms with E-state index < -0.39 is 10.7 Å². The molecule has 0 radical (unpaired) electrons. The molecule has 0 spiro atoms. The summed E-state index contributed by atoms with van der Waals surface area (Å²) in [5.41, 5.74) is 2.88. The molecule has 2 aliphatic rings. The number of piperidine rings is 1. The molecule has 2 aliphatic heterocycles. The zero-order chi connectivity index (χ0) is 21.6. The third-order valence-corrected chi connectivity index (χ3v) is 5.12. The summed E-state index contributed by atoms with van der Waals surface area (Å²) in [5, 5.41) is 24.7. The lowest BCUT2D eigenvalue weighted by Crippen LogP contribution is -2.38. The number of anilines is 3. The Hall–Kier alpha value is -3.54. The molecule has 1 aromatic carbocycles. The number of phenols is 1. The van der Waals surface area contributed by atoms with Crippen molar-refractivity contribution < 1.29 is 14.8 Å². The van der Waals surface area contributed by atoms with Crippen LogP contribution in [-0.4, -0.2) is 70.6 Å². The second kappa shape index (κ2) is 9.51. The standard InChI is InChI=1S/C19H24N8O4/c28-16-5-4-14(12-15(16)27(29)30)13-20-24-17-21-18(25-6-2-1-3-7-25)23-19(22-17)26-8-10-31-11-9-26/h4-5,12-13,28H,1-3,6-11H2,(H,21,22,23,24)/b20-13-. The van der Waals surface area contributed by atoms with Crippen LogP contribution in [0.15, 0.2) is 23.3 Å². The number of ether oxygens (including phenoxy) is 1.